The molecular weight excluding hydrogens is 348 g/mol. The van der Waals surface area contributed by atoms with Crippen LogP contribution in [-0.4, -0.2) is 38.1 Å². The number of rotatable bonds is 5. The molecule has 1 saturated heterocycles. The lowest BCUT2D eigenvalue weighted by atomic mass is 9.88. The SMILES string of the molecule is CCOC(=O)c1c(NC(=O)C[NH+]2CCCC(C)C2)sc2c1CCC(C)C2. The lowest BCUT2D eigenvalue weighted by Gasteiger charge is -2.27. The average molecular weight is 380 g/mol. The molecule has 3 rings (SSSR count). The minimum atomic E-state index is -0.297. The molecule has 0 saturated carbocycles. The number of anilines is 1. The van der Waals surface area contributed by atoms with Crippen molar-refractivity contribution in [3.05, 3.63) is 16.0 Å². The van der Waals surface area contributed by atoms with E-state index in [2.05, 4.69) is 19.2 Å². The first kappa shape index (κ1) is 19.4. The molecule has 0 aromatic carbocycles. The summed E-state index contributed by atoms with van der Waals surface area (Å²) in [4.78, 5) is 27.7. The zero-order chi connectivity index (χ0) is 18.7. The highest BCUT2D eigenvalue weighted by atomic mass is 32.1. The number of ether oxygens (including phenoxy) is 1. The molecule has 1 aliphatic heterocycles. The molecule has 1 aliphatic carbocycles. The van der Waals surface area contributed by atoms with Crippen LogP contribution in [0.2, 0.25) is 0 Å². The molecule has 1 fully saturated rings. The highest BCUT2D eigenvalue weighted by Crippen LogP contribution is 2.40. The Morgan fingerprint density at radius 3 is 2.81 bits per heavy atom. The Labute approximate surface area is 160 Å². The summed E-state index contributed by atoms with van der Waals surface area (Å²) in [6, 6.07) is 0. The number of amides is 1. The first-order chi connectivity index (χ1) is 12.5. The molecule has 26 heavy (non-hydrogen) atoms. The van der Waals surface area contributed by atoms with Gasteiger partial charge >= 0.3 is 5.97 Å². The molecule has 0 radical (unpaired) electrons. The minimum absolute atomic E-state index is 0.00583. The Hall–Kier alpha value is -1.40. The summed E-state index contributed by atoms with van der Waals surface area (Å²) < 4.78 is 5.28. The maximum atomic E-state index is 12.6. The Morgan fingerprint density at radius 1 is 1.27 bits per heavy atom. The number of carbonyl (C=O) groups excluding carboxylic acids is 2. The number of esters is 1. The van der Waals surface area contributed by atoms with E-state index in [0.29, 0.717) is 35.6 Å². The average Bonchev–Trinajstić information content (AvgIpc) is 2.91. The van der Waals surface area contributed by atoms with Gasteiger partial charge in [-0.2, -0.15) is 0 Å². The van der Waals surface area contributed by atoms with Crippen LogP contribution in [0, 0.1) is 11.8 Å². The molecule has 2 N–H and O–H groups in total. The van der Waals surface area contributed by atoms with E-state index in [-0.39, 0.29) is 11.9 Å². The normalized spacial score (nSPS) is 25.4. The van der Waals surface area contributed by atoms with Crippen LogP contribution >= 0.6 is 11.3 Å². The van der Waals surface area contributed by atoms with Crippen molar-refractivity contribution in [2.24, 2.45) is 11.8 Å². The quantitative estimate of drug-likeness (QED) is 0.772. The molecule has 1 aromatic heterocycles. The van der Waals surface area contributed by atoms with E-state index in [1.54, 1.807) is 11.3 Å². The van der Waals surface area contributed by atoms with Crippen LogP contribution < -0.4 is 10.2 Å². The Bertz CT molecular complexity index is 670. The van der Waals surface area contributed by atoms with Gasteiger partial charge in [-0.3, -0.25) is 4.79 Å². The summed E-state index contributed by atoms with van der Waals surface area (Å²) in [6.45, 7) is 9.25. The van der Waals surface area contributed by atoms with E-state index < -0.39 is 0 Å². The van der Waals surface area contributed by atoms with E-state index in [9.17, 15) is 9.59 Å². The van der Waals surface area contributed by atoms with Crippen LogP contribution in [0.15, 0.2) is 0 Å². The summed E-state index contributed by atoms with van der Waals surface area (Å²) >= 11 is 1.57. The van der Waals surface area contributed by atoms with Crippen molar-refractivity contribution < 1.29 is 19.2 Å². The second-order valence-corrected chi connectivity index (χ2v) is 9.06. The summed E-state index contributed by atoms with van der Waals surface area (Å²) in [6.07, 6.45) is 5.40. The third kappa shape index (κ3) is 4.46. The van der Waals surface area contributed by atoms with Crippen LogP contribution in [0.25, 0.3) is 0 Å². The minimum Gasteiger partial charge on any atom is -0.462 e. The van der Waals surface area contributed by atoms with E-state index in [0.717, 1.165) is 37.9 Å². The fourth-order valence-electron chi connectivity index (χ4n) is 4.21. The van der Waals surface area contributed by atoms with E-state index in [1.807, 2.05) is 6.92 Å². The van der Waals surface area contributed by atoms with E-state index in [1.165, 1.54) is 22.6 Å². The number of nitrogens with one attached hydrogen (secondary N) is 2. The van der Waals surface area contributed by atoms with Gasteiger partial charge in [-0.25, -0.2) is 4.79 Å². The zero-order valence-electron chi connectivity index (χ0n) is 16.2. The van der Waals surface area contributed by atoms with Gasteiger partial charge in [-0.05, 0) is 50.5 Å². The topological polar surface area (TPSA) is 59.8 Å². The van der Waals surface area contributed by atoms with Crippen molar-refractivity contribution >= 4 is 28.2 Å². The second kappa shape index (κ2) is 8.53. The third-order valence-corrected chi connectivity index (χ3v) is 6.69. The molecule has 2 heterocycles. The number of likely N-dealkylation sites (tertiary alicyclic amines) is 1. The molecule has 5 nitrogen and oxygen atoms in total. The highest BCUT2D eigenvalue weighted by Gasteiger charge is 2.30. The van der Waals surface area contributed by atoms with Crippen molar-refractivity contribution in [2.75, 3.05) is 31.6 Å². The number of fused-ring (bicyclic) bond motifs is 1. The van der Waals surface area contributed by atoms with Gasteiger partial charge in [0, 0.05) is 10.8 Å². The number of thiophene rings is 1. The molecule has 3 unspecified atom stereocenters. The van der Waals surface area contributed by atoms with Gasteiger partial charge in [0.1, 0.15) is 5.00 Å². The van der Waals surface area contributed by atoms with Gasteiger partial charge in [-0.1, -0.05) is 13.8 Å². The predicted octanol–water partition coefficient (Wildman–Crippen LogP) is 2.30. The Kier molecular flexibility index (Phi) is 6.35. The molecule has 2 aliphatic rings. The smallest absolute Gasteiger partial charge is 0.341 e. The fraction of sp³-hybridized carbons (Fsp3) is 0.700. The molecule has 3 atom stereocenters. The van der Waals surface area contributed by atoms with Crippen LogP contribution in [0.4, 0.5) is 5.00 Å². The Morgan fingerprint density at radius 2 is 2.08 bits per heavy atom. The monoisotopic (exact) mass is 379 g/mol. The standard InChI is InChI=1S/C20H30N2O3S/c1-4-25-20(24)18-15-8-7-13(2)10-16(15)26-19(18)21-17(23)12-22-9-5-6-14(3)11-22/h13-14H,4-12H2,1-3H3,(H,21,23)/p+1. The van der Waals surface area contributed by atoms with Gasteiger partial charge in [0.15, 0.2) is 6.54 Å². The summed E-state index contributed by atoms with van der Waals surface area (Å²) in [5.41, 5.74) is 1.70. The second-order valence-electron chi connectivity index (χ2n) is 7.95. The van der Waals surface area contributed by atoms with Crippen LogP contribution in [0.1, 0.15) is 60.8 Å². The van der Waals surface area contributed by atoms with Crippen LogP contribution in [-0.2, 0) is 22.4 Å². The van der Waals surface area contributed by atoms with Gasteiger partial charge in [-0.15, -0.1) is 11.3 Å². The molecule has 6 heteroatoms. The Balaban J connectivity index is 1.75. The lowest BCUT2D eigenvalue weighted by molar-refractivity contribution is -0.900. The largest absolute Gasteiger partial charge is 0.462 e. The summed E-state index contributed by atoms with van der Waals surface area (Å²) in [5, 5.41) is 3.73. The summed E-state index contributed by atoms with van der Waals surface area (Å²) in [5.74, 6) is 1.01. The van der Waals surface area contributed by atoms with E-state index >= 15 is 0 Å². The van der Waals surface area contributed by atoms with Crippen molar-refractivity contribution in [3.8, 4) is 0 Å². The van der Waals surface area contributed by atoms with Gasteiger partial charge in [0.2, 0.25) is 0 Å². The molecular formula is C20H31N2O3S+. The first-order valence-corrected chi connectivity index (χ1v) is 10.7. The maximum absolute atomic E-state index is 12.6. The van der Waals surface area contributed by atoms with Crippen LogP contribution in [0.5, 0.6) is 0 Å². The van der Waals surface area contributed by atoms with Crippen molar-refractivity contribution in [3.63, 3.8) is 0 Å². The van der Waals surface area contributed by atoms with Crippen molar-refractivity contribution in [2.45, 2.75) is 52.9 Å². The van der Waals surface area contributed by atoms with E-state index in [4.69, 9.17) is 4.74 Å². The molecule has 0 bridgehead atoms. The predicted molar refractivity (Wildman–Crippen MR) is 104 cm³/mol. The van der Waals surface area contributed by atoms with Crippen molar-refractivity contribution in [1.29, 1.82) is 0 Å². The molecule has 144 valence electrons. The number of hydrogen-bond donors (Lipinski definition) is 2. The lowest BCUT2D eigenvalue weighted by Crippen LogP contribution is -3.14. The number of carbonyl (C=O) groups is 2. The van der Waals surface area contributed by atoms with Crippen molar-refractivity contribution in [1.82, 2.24) is 0 Å². The highest BCUT2D eigenvalue weighted by molar-refractivity contribution is 7.17. The summed E-state index contributed by atoms with van der Waals surface area (Å²) in [7, 11) is 0. The maximum Gasteiger partial charge on any atom is 0.341 e. The number of quaternary nitrogens is 1. The number of piperidine rings is 1. The number of hydrogen-bond acceptors (Lipinski definition) is 4. The third-order valence-electron chi connectivity index (χ3n) is 5.52. The van der Waals surface area contributed by atoms with Gasteiger partial charge in [0.05, 0.1) is 25.3 Å². The van der Waals surface area contributed by atoms with Gasteiger partial charge in [0.25, 0.3) is 5.91 Å². The van der Waals surface area contributed by atoms with Crippen LogP contribution in [0.3, 0.4) is 0 Å². The zero-order valence-corrected chi connectivity index (χ0v) is 17.0. The molecule has 1 amide bonds. The van der Waals surface area contributed by atoms with Gasteiger partial charge < -0.3 is 15.0 Å². The first-order valence-electron chi connectivity index (χ1n) is 9.93. The fourth-order valence-corrected chi connectivity index (χ4v) is 5.63. The molecule has 0 spiro atoms. The molecule has 1 aromatic rings.